The molecule has 10 nitrogen and oxygen atoms in total. The highest BCUT2D eigenvalue weighted by atomic mass is 32.1. The Balaban J connectivity index is 2.21. The first kappa shape index (κ1) is 21.1. The van der Waals surface area contributed by atoms with Crippen LogP contribution in [0.5, 0.6) is 11.5 Å². The number of carbonyl (C=O) groups is 2. The van der Waals surface area contributed by atoms with E-state index in [4.69, 9.17) is 14.2 Å². The van der Waals surface area contributed by atoms with Gasteiger partial charge >= 0.3 is 5.97 Å². The summed E-state index contributed by atoms with van der Waals surface area (Å²) in [5, 5.41) is 15.5. The maximum atomic E-state index is 12.4. The first-order valence-corrected chi connectivity index (χ1v) is 9.10. The zero-order valence-electron chi connectivity index (χ0n) is 15.5. The Hall–Kier alpha value is -3.21. The molecule has 11 heteroatoms. The SMILES string of the molecule is COc1cc(C(=O)NCC(=O)OC(C)C)c([N+](=O)[O-])cc1OCc1cscn1. The van der Waals surface area contributed by atoms with Crippen LogP contribution in [-0.2, 0) is 16.1 Å². The van der Waals surface area contributed by atoms with Crippen molar-refractivity contribution in [3.63, 3.8) is 0 Å². The van der Waals surface area contributed by atoms with Gasteiger partial charge in [0.2, 0.25) is 0 Å². The molecule has 28 heavy (non-hydrogen) atoms. The van der Waals surface area contributed by atoms with E-state index in [1.54, 1.807) is 24.7 Å². The number of amides is 1. The molecule has 0 aliphatic heterocycles. The zero-order chi connectivity index (χ0) is 20.7. The molecule has 0 unspecified atom stereocenters. The summed E-state index contributed by atoms with van der Waals surface area (Å²) < 4.78 is 15.6. The number of ether oxygens (including phenoxy) is 3. The molecular weight excluding hydrogens is 390 g/mol. The van der Waals surface area contributed by atoms with Crippen LogP contribution in [0.15, 0.2) is 23.0 Å². The maximum Gasteiger partial charge on any atom is 0.325 e. The molecule has 0 atom stereocenters. The predicted molar refractivity (Wildman–Crippen MR) is 99.7 cm³/mol. The van der Waals surface area contributed by atoms with E-state index in [1.165, 1.54) is 24.5 Å². The summed E-state index contributed by atoms with van der Waals surface area (Å²) in [6, 6.07) is 2.30. The molecule has 0 saturated carbocycles. The Kier molecular flexibility index (Phi) is 7.27. The van der Waals surface area contributed by atoms with Crippen molar-refractivity contribution < 1.29 is 28.7 Å². The van der Waals surface area contributed by atoms with Crippen LogP contribution in [0.1, 0.15) is 29.9 Å². The second-order valence-electron chi connectivity index (χ2n) is 5.77. The van der Waals surface area contributed by atoms with E-state index < -0.39 is 29.0 Å². The number of hydrogen-bond donors (Lipinski definition) is 1. The third-order valence-corrected chi connectivity index (χ3v) is 3.98. The average molecular weight is 409 g/mol. The number of nitro groups is 1. The lowest BCUT2D eigenvalue weighted by atomic mass is 10.1. The summed E-state index contributed by atoms with van der Waals surface area (Å²) in [5.74, 6) is -1.23. The lowest BCUT2D eigenvalue weighted by Crippen LogP contribution is -2.32. The van der Waals surface area contributed by atoms with Gasteiger partial charge in [-0.05, 0) is 13.8 Å². The predicted octanol–water partition coefficient (Wildman–Crippen LogP) is 2.32. The van der Waals surface area contributed by atoms with Crippen LogP contribution in [0, 0.1) is 10.1 Å². The van der Waals surface area contributed by atoms with Gasteiger partial charge in [0.1, 0.15) is 18.7 Å². The number of aromatic nitrogens is 1. The topological polar surface area (TPSA) is 130 Å². The van der Waals surface area contributed by atoms with Gasteiger partial charge in [0.25, 0.3) is 11.6 Å². The molecule has 1 aromatic heterocycles. The third-order valence-electron chi connectivity index (χ3n) is 3.34. The van der Waals surface area contributed by atoms with Gasteiger partial charge in [0, 0.05) is 11.4 Å². The number of methoxy groups -OCH3 is 1. The molecule has 0 fully saturated rings. The number of rotatable bonds is 9. The van der Waals surface area contributed by atoms with E-state index in [1.807, 2.05) is 0 Å². The van der Waals surface area contributed by atoms with Crippen LogP contribution < -0.4 is 14.8 Å². The molecule has 0 aliphatic rings. The second-order valence-corrected chi connectivity index (χ2v) is 6.49. The van der Waals surface area contributed by atoms with Crippen LogP contribution in [0.3, 0.4) is 0 Å². The van der Waals surface area contributed by atoms with Crippen molar-refractivity contribution in [2.24, 2.45) is 0 Å². The molecule has 0 bridgehead atoms. The highest BCUT2D eigenvalue weighted by Gasteiger charge is 2.25. The molecule has 0 radical (unpaired) electrons. The van der Waals surface area contributed by atoms with Gasteiger partial charge in [-0.15, -0.1) is 11.3 Å². The lowest BCUT2D eigenvalue weighted by Gasteiger charge is -2.13. The first-order chi connectivity index (χ1) is 13.3. The zero-order valence-corrected chi connectivity index (χ0v) is 16.3. The monoisotopic (exact) mass is 409 g/mol. The highest BCUT2D eigenvalue weighted by molar-refractivity contribution is 7.07. The van der Waals surface area contributed by atoms with E-state index in [2.05, 4.69) is 10.3 Å². The fourth-order valence-corrected chi connectivity index (χ4v) is 2.71. The summed E-state index contributed by atoms with van der Waals surface area (Å²) in [6.45, 7) is 3.00. The number of carbonyl (C=O) groups excluding carboxylic acids is 2. The number of nitrogens with one attached hydrogen (secondary N) is 1. The van der Waals surface area contributed by atoms with Gasteiger partial charge in [-0.25, -0.2) is 4.98 Å². The van der Waals surface area contributed by atoms with Gasteiger partial charge < -0.3 is 19.5 Å². The first-order valence-electron chi connectivity index (χ1n) is 8.15. The maximum absolute atomic E-state index is 12.4. The standard InChI is InChI=1S/C17H19N3O7S/c1-10(2)27-16(21)6-18-17(22)12-4-14(25-3)15(5-13(12)20(23)24)26-7-11-8-28-9-19-11/h4-5,8-10H,6-7H2,1-3H3,(H,18,22). The Bertz CT molecular complexity index is 853. The molecule has 1 amide bonds. The fraction of sp³-hybridized carbons (Fsp3) is 0.353. The number of hydrogen-bond acceptors (Lipinski definition) is 9. The van der Waals surface area contributed by atoms with Gasteiger partial charge in [-0.2, -0.15) is 0 Å². The summed E-state index contributed by atoms with van der Waals surface area (Å²) in [6.07, 6.45) is -0.340. The van der Waals surface area contributed by atoms with Crippen LogP contribution >= 0.6 is 11.3 Å². The normalized spacial score (nSPS) is 10.4. The molecule has 2 rings (SSSR count). The van der Waals surface area contributed by atoms with Crippen molar-refractivity contribution in [2.75, 3.05) is 13.7 Å². The molecule has 0 spiro atoms. The van der Waals surface area contributed by atoms with Gasteiger partial charge in [-0.3, -0.25) is 19.7 Å². The van der Waals surface area contributed by atoms with E-state index in [0.717, 1.165) is 6.07 Å². The summed E-state index contributed by atoms with van der Waals surface area (Å²) >= 11 is 1.39. The quantitative estimate of drug-likeness (QED) is 0.379. The molecule has 1 N–H and O–H groups in total. The Morgan fingerprint density at radius 2 is 2.07 bits per heavy atom. The largest absolute Gasteiger partial charge is 0.493 e. The smallest absolute Gasteiger partial charge is 0.325 e. The Morgan fingerprint density at radius 3 is 2.64 bits per heavy atom. The minimum absolute atomic E-state index is 0.0869. The van der Waals surface area contributed by atoms with Crippen LogP contribution in [-0.4, -0.2) is 41.5 Å². The molecule has 1 aromatic carbocycles. The van der Waals surface area contributed by atoms with Crippen molar-refractivity contribution in [2.45, 2.75) is 26.6 Å². The van der Waals surface area contributed by atoms with Gasteiger partial charge in [-0.1, -0.05) is 0 Å². The molecule has 1 heterocycles. The minimum atomic E-state index is -0.809. The minimum Gasteiger partial charge on any atom is -0.493 e. The van der Waals surface area contributed by atoms with E-state index in [0.29, 0.717) is 5.69 Å². The van der Waals surface area contributed by atoms with Gasteiger partial charge in [0.15, 0.2) is 11.5 Å². The summed E-state index contributed by atoms with van der Waals surface area (Å²) in [5.41, 5.74) is 1.54. The van der Waals surface area contributed by atoms with E-state index in [9.17, 15) is 19.7 Å². The number of nitrogens with zero attached hydrogens (tertiary/aromatic N) is 2. The summed E-state index contributed by atoms with van der Waals surface area (Å²) in [7, 11) is 1.35. The van der Waals surface area contributed by atoms with Crippen molar-refractivity contribution in [3.8, 4) is 11.5 Å². The van der Waals surface area contributed by atoms with E-state index in [-0.39, 0.29) is 29.8 Å². The van der Waals surface area contributed by atoms with Gasteiger partial charge in [0.05, 0.1) is 35.4 Å². The fourth-order valence-electron chi connectivity index (χ4n) is 2.17. The van der Waals surface area contributed by atoms with Crippen molar-refractivity contribution in [3.05, 3.63) is 44.4 Å². The molecular formula is C17H19N3O7S. The van der Waals surface area contributed by atoms with Crippen LogP contribution in [0.25, 0.3) is 0 Å². The average Bonchev–Trinajstić information content (AvgIpc) is 3.16. The summed E-state index contributed by atoms with van der Waals surface area (Å²) in [4.78, 5) is 38.7. The van der Waals surface area contributed by atoms with Crippen molar-refractivity contribution >= 4 is 28.9 Å². The third kappa shape index (κ3) is 5.64. The molecule has 0 aliphatic carbocycles. The second kappa shape index (κ2) is 9.65. The lowest BCUT2D eigenvalue weighted by molar-refractivity contribution is -0.385. The Morgan fingerprint density at radius 1 is 1.32 bits per heavy atom. The van der Waals surface area contributed by atoms with Crippen LogP contribution in [0.2, 0.25) is 0 Å². The van der Waals surface area contributed by atoms with Crippen molar-refractivity contribution in [1.29, 1.82) is 0 Å². The number of thiazole rings is 1. The number of benzene rings is 1. The molecule has 0 saturated heterocycles. The molecule has 150 valence electrons. The number of nitro benzene ring substituents is 1. The van der Waals surface area contributed by atoms with Crippen LogP contribution in [0.4, 0.5) is 5.69 Å². The molecule has 2 aromatic rings. The highest BCUT2D eigenvalue weighted by Crippen LogP contribution is 2.35. The van der Waals surface area contributed by atoms with Crippen molar-refractivity contribution in [1.82, 2.24) is 10.3 Å². The number of esters is 1. The van der Waals surface area contributed by atoms with E-state index >= 15 is 0 Å². The Labute approximate surface area is 164 Å².